The van der Waals surface area contributed by atoms with Crippen molar-refractivity contribution in [2.75, 3.05) is 26.3 Å². The van der Waals surface area contributed by atoms with Gasteiger partial charge in [-0.1, -0.05) is 18.5 Å². The number of nitrogens with zero attached hydrogens (tertiary/aromatic N) is 6. The highest BCUT2D eigenvalue weighted by Crippen LogP contribution is 2.11. The molecule has 1 aliphatic heterocycles. The normalized spacial score (nSPS) is 15.2. The molecule has 3 aromatic rings. The first-order valence-electron chi connectivity index (χ1n) is 10.6. The van der Waals surface area contributed by atoms with E-state index in [0.29, 0.717) is 56.5 Å². The van der Waals surface area contributed by atoms with Crippen molar-refractivity contribution in [2.24, 2.45) is 0 Å². The van der Waals surface area contributed by atoms with Crippen molar-refractivity contribution in [2.45, 2.75) is 52.2 Å². The van der Waals surface area contributed by atoms with Crippen LogP contribution in [0.1, 0.15) is 37.9 Å². The molecule has 0 bridgehead atoms. The predicted molar refractivity (Wildman–Crippen MR) is 113 cm³/mol. The first-order valence-corrected chi connectivity index (χ1v) is 10.9. The number of hydrogen-bond acceptors (Lipinski definition) is 8. The van der Waals surface area contributed by atoms with Gasteiger partial charge in [-0.05, 0) is 24.4 Å². The number of nitrogens with one attached hydrogen (secondary N) is 1. The third-order valence-electron chi connectivity index (χ3n) is 5.32. The van der Waals surface area contributed by atoms with E-state index in [1.54, 1.807) is 0 Å². The Bertz CT molecular complexity index is 1140. The summed E-state index contributed by atoms with van der Waals surface area (Å²) in [7, 11) is 0. The number of morpholine rings is 1. The molecule has 0 unspecified atom stereocenters. The molecular weight excluding hydrogens is 426 g/mol. The molecule has 31 heavy (non-hydrogen) atoms. The zero-order valence-corrected chi connectivity index (χ0v) is 18.2. The number of aromatic nitrogens is 6. The van der Waals surface area contributed by atoms with Gasteiger partial charge in [-0.2, -0.15) is 9.97 Å². The number of halogens is 1. The molecule has 4 heterocycles. The number of aromatic amines is 1. The smallest absolute Gasteiger partial charge is 0.332 e. The van der Waals surface area contributed by atoms with Gasteiger partial charge in [0.15, 0.2) is 17.0 Å². The molecule has 0 radical (unpaired) electrons. The van der Waals surface area contributed by atoms with E-state index in [1.807, 2.05) is 6.92 Å². The lowest BCUT2D eigenvalue weighted by Crippen LogP contribution is -2.40. The van der Waals surface area contributed by atoms with E-state index in [0.717, 1.165) is 25.9 Å². The lowest BCUT2D eigenvalue weighted by molar-refractivity contribution is 0.0327. The van der Waals surface area contributed by atoms with Gasteiger partial charge < -0.3 is 14.2 Å². The molecular formula is C19H26ClN7O4. The number of imidazole rings is 1. The molecule has 0 aliphatic carbocycles. The number of hydrogen-bond donors (Lipinski definition) is 1. The summed E-state index contributed by atoms with van der Waals surface area (Å²) in [4.78, 5) is 39.3. The van der Waals surface area contributed by atoms with Crippen LogP contribution >= 0.6 is 11.6 Å². The van der Waals surface area contributed by atoms with Gasteiger partial charge in [0.25, 0.3) is 5.56 Å². The zero-order chi connectivity index (χ0) is 21.8. The molecule has 1 fully saturated rings. The highest BCUT2D eigenvalue weighted by atomic mass is 35.5. The molecule has 0 amide bonds. The number of aryl methyl sites for hydroxylation is 2. The summed E-state index contributed by atoms with van der Waals surface area (Å²) in [6.07, 6.45) is 2.69. The minimum Gasteiger partial charge on any atom is -0.379 e. The second kappa shape index (κ2) is 9.75. The van der Waals surface area contributed by atoms with Gasteiger partial charge >= 0.3 is 5.69 Å². The lowest BCUT2D eigenvalue weighted by Gasteiger charge is -2.24. The Morgan fingerprint density at radius 3 is 2.65 bits per heavy atom. The Morgan fingerprint density at radius 2 is 1.87 bits per heavy atom. The van der Waals surface area contributed by atoms with Crippen LogP contribution in [-0.4, -0.2) is 60.4 Å². The van der Waals surface area contributed by atoms with Crippen LogP contribution in [0.4, 0.5) is 0 Å². The number of rotatable bonds is 9. The minimum atomic E-state index is -0.425. The van der Waals surface area contributed by atoms with E-state index >= 15 is 0 Å². The van der Waals surface area contributed by atoms with Crippen LogP contribution in [0.15, 0.2) is 14.1 Å². The molecule has 0 spiro atoms. The molecule has 12 heteroatoms. The average Bonchev–Trinajstić information content (AvgIpc) is 3.37. The summed E-state index contributed by atoms with van der Waals surface area (Å²) in [5.41, 5.74) is -0.265. The average molecular weight is 452 g/mol. The van der Waals surface area contributed by atoms with Gasteiger partial charge in [0.1, 0.15) is 0 Å². The Morgan fingerprint density at radius 1 is 1.10 bits per heavy atom. The maximum absolute atomic E-state index is 12.9. The SMILES string of the molecule is CCCCn1c(=O)n(CCCc2nc(CN3CCOCC3)no2)c(=O)c2[nH]c(Cl)nc21. The molecule has 3 aromatic heterocycles. The second-order valence-corrected chi connectivity index (χ2v) is 7.93. The van der Waals surface area contributed by atoms with E-state index in [1.165, 1.54) is 9.13 Å². The monoisotopic (exact) mass is 451 g/mol. The Labute approximate surface area is 183 Å². The van der Waals surface area contributed by atoms with Gasteiger partial charge in [-0.25, -0.2) is 4.79 Å². The maximum Gasteiger partial charge on any atom is 0.332 e. The quantitative estimate of drug-likeness (QED) is 0.481. The van der Waals surface area contributed by atoms with Crippen LogP contribution in [-0.2, 0) is 30.8 Å². The van der Waals surface area contributed by atoms with Crippen molar-refractivity contribution in [3.8, 4) is 0 Å². The van der Waals surface area contributed by atoms with Crippen LogP contribution in [0.25, 0.3) is 11.2 Å². The van der Waals surface area contributed by atoms with Gasteiger partial charge in [0.2, 0.25) is 11.2 Å². The summed E-state index contributed by atoms with van der Waals surface area (Å²) >= 11 is 5.95. The third kappa shape index (κ3) is 4.89. The number of unbranched alkanes of at least 4 members (excludes halogenated alkanes) is 1. The summed E-state index contributed by atoms with van der Waals surface area (Å²) < 4.78 is 13.4. The minimum absolute atomic E-state index is 0.0909. The molecule has 1 aliphatic rings. The molecule has 0 saturated carbocycles. The van der Waals surface area contributed by atoms with Crippen LogP contribution in [0.3, 0.4) is 0 Å². The highest BCUT2D eigenvalue weighted by Gasteiger charge is 2.18. The van der Waals surface area contributed by atoms with Gasteiger partial charge in [0.05, 0.1) is 19.8 Å². The first-order chi connectivity index (χ1) is 15.1. The van der Waals surface area contributed by atoms with E-state index in [9.17, 15) is 9.59 Å². The Kier molecular flexibility index (Phi) is 6.83. The Hall–Kier alpha value is -2.50. The second-order valence-electron chi connectivity index (χ2n) is 7.57. The van der Waals surface area contributed by atoms with Gasteiger partial charge in [-0.3, -0.25) is 18.8 Å². The van der Waals surface area contributed by atoms with E-state index < -0.39 is 5.56 Å². The summed E-state index contributed by atoms with van der Waals surface area (Å²) in [6, 6.07) is 0. The van der Waals surface area contributed by atoms with Crippen LogP contribution in [0.2, 0.25) is 5.28 Å². The van der Waals surface area contributed by atoms with E-state index in [4.69, 9.17) is 20.9 Å². The van der Waals surface area contributed by atoms with E-state index in [2.05, 4.69) is 25.0 Å². The van der Waals surface area contributed by atoms with Crippen molar-refractivity contribution >= 4 is 22.8 Å². The molecule has 1 N–H and O–H groups in total. The molecule has 168 valence electrons. The fourth-order valence-corrected chi connectivity index (χ4v) is 3.83. The summed E-state index contributed by atoms with van der Waals surface area (Å²) in [5.74, 6) is 1.12. The van der Waals surface area contributed by atoms with E-state index in [-0.39, 0.29) is 23.0 Å². The largest absolute Gasteiger partial charge is 0.379 e. The summed E-state index contributed by atoms with van der Waals surface area (Å²) in [6.45, 7) is 6.47. The topological polar surface area (TPSA) is 124 Å². The lowest BCUT2D eigenvalue weighted by atomic mass is 10.3. The molecule has 0 atom stereocenters. The van der Waals surface area contributed by atoms with Gasteiger partial charge in [0, 0.05) is 32.6 Å². The molecule has 11 nitrogen and oxygen atoms in total. The van der Waals surface area contributed by atoms with Gasteiger partial charge in [-0.15, -0.1) is 0 Å². The summed E-state index contributed by atoms with van der Waals surface area (Å²) in [5, 5.41) is 4.12. The standard InChI is InChI=1S/C19H26ClN7O4/c1-2-3-6-26-16-15(22-18(20)23-16)17(28)27(19(26)29)7-4-5-14-21-13(24-31-14)12-25-8-10-30-11-9-25/h2-12H2,1H3,(H,22,23). The number of H-pyrrole nitrogens is 1. The maximum atomic E-state index is 12.9. The Balaban J connectivity index is 1.45. The van der Waals surface area contributed by atoms with Crippen molar-refractivity contribution in [1.29, 1.82) is 0 Å². The molecule has 0 aromatic carbocycles. The van der Waals surface area contributed by atoms with Crippen molar-refractivity contribution in [1.82, 2.24) is 34.1 Å². The number of fused-ring (bicyclic) bond motifs is 1. The van der Waals surface area contributed by atoms with Crippen LogP contribution < -0.4 is 11.2 Å². The molecule has 4 rings (SSSR count). The predicted octanol–water partition coefficient (Wildman–Crippen LogP) is 1.19. The fraction of sp³-hybridized carbons (Fsp3) is 0.632. The van der Waals surface area contributed by atoms with Crippen molar-refractivity contribution in [3.63, 3.8) is 0 Å². The van der Waals surface area contributed by atoms with Crippen molar-refractivity contribution < 1.29 is 9.26 Å². The van der Waals surface area contributed by atoms with Crippen LogP contribution in [0.5, 0.6) is 0 Å². The first kappa shape index (κ1) is 21.7. The van der Waals surface area contributed by atoms with Crippen molar-refractivity contribution in [3.05, 3.63) is 37.8 Å². The highest BCUT2D eigenvalue weighted by molar-refractivity contribution is 6.28. The van der Waals surface area contributed by atoms with Crippen LogP contribution in [0, 0.1) is 0 Å². The fourth-order valence-electron chi connectivity index (χ4n) is 3.66. The number of ether oxygens (including phenoxy) is 1. The third-order valence-corrected chi connectivity index (χ3v) is 5.50. The molecule has 1 saturated heterocycles. The zero-order valence-electron chi connectivity index (χ0n) is 17.5.